The molecule has 1 fully saturated rings. The minimum absolute atomic E-state index is 0.0553. The first-order valence-corrected chi connectivity index (χ1v) is 9.42. The number of fused-ring (bicyclic) bond motifs is 5. The van der Waals surface area contributed by atoms with E-state index >= 15 is 0 Å². The van der Waals surface area contributed by atoms with Crippen LogP contribution in [0.1, 0.15) is 25.0 Å². The molecule has 2 atom stereocenters. The first-order valence-electron chi connectivity index (χ1n) is 9.42. The number of amides is 1. The van der Waals surface area contributed by atoms with E-state index in [-0.39, 0.29) is 17.4 Å². The molecule has 6 heteroatoms. The molecule has 3 aromatic rings. The second-order valence-corrected chi connectivity index (χ2v) is 7.88. The van der Waals surface area contributed by atoms with Gasteiger partial charge < -0.3 is 9.47 Å². The molecule has 0 aliphatic carbocycles. The van der Waals surface area contributed by atoms with Gasteiger partial charge in [0.2, 0.25) is 5.91 Å². The molecular weight excluding hydrogens is 340 g/mol. The molecule has 1 aromatic carbocycles. The van der Waals surface area contributed by atoms with E-state index in [2.05, 4.69) is 17.2 Å². The summed E-state index contributed by atoms with van der Waals surface area (Å²) in [6, 6.07) is 10.1. The van der Waals surface area contributed by atoms with Gasteiger partial charge in [0.1, 0.15) is 0 Å². The van der Waals surface area contributed by atoms with Gasteiger partial charge in [-0.3, -0.25) is 14.3 Å². The van der Waals surface area contributed by atoms with E-state index in [9.17, 15) is 9.59 Å². The number of carbonyl (C=O) groups excluding carboxylic acids is 1. The summed E-state index contributed by atoms with van der Waals surface area (Å²) in [7, 11) is 1.92. The summed E-state index contributed by atoms with van der Waals surface area (Å²) in [5.41, 5.74) is 4.15. The lowest BCUT2D eigenvalue weighted by atomic mass is 9.82. The molecule has 2 aromatic heterocycles. The fraction of sp³-hybridized carbons (Fsp3) is 0.381. The topological polar surface area (TPSA) is 60.1 Å². The molecule has 0 radical (unpaired) electrons. The number of aryl methyl sites for hydroxylation is 1. The van der Waals surface area contributed by atoms with Crippen molar-refractivity contribution < 1.29 is 4.79 Å². The van der Waals surface area contributed by atoms with Crippen LogP contribution in [0.25, 0.3) is 22.0 Å². The largest absolute Gasteiger partial charge is 0.342 e. The maximum Gasteiger partial charge on any atom is 0.251 e. The number of benzene rings is 1. The van der Waals surface area contributed by atoms with Crippen molar-refractivity contribution in [2.75, 3.05) is 13.1 Å². The standard InChI is InChI=1S/C21H22N4O2/c1-13(26)24-10-14-5-18(12-24)20-7-16(8-21(27)25(20)11-14)15-3-4-19-17(6-15)9-22-23(19)2/h3-4,6-9,14,18H,5,10-12H2,1-2H3/t14-,18+/m0/s1. The summed E-state index contributed by atoms with van der Waals surface area (Å²) < 4.78 is 3.77. The van der Waals surface area contributed by atoms with E-state index < -0.39 is 0 Å². The third kappa shape index (κ3) is 2.59. The molecule has 27 heavy (non-hydrogen) atoms. The van der Waals surface area contributed by atoms with Crippen molar-refractivity contribution in [3.63, 3.8) is 0 Å². The predicted molar refractivity (Wildman–Crippen MR) is 104 cm³/mol. The lowest BCUT2D eigenvalue weighted by Gasteiger charge is -2.42. The smallest absolute Gasteiger partial charge is 0.251 e. The fourth-order valence-electron chi connectivity index (χ4n) is 4.73. The number of hydrogen-bond donors (Lipinski definition) is 0. The van der Waals surface area contributed by atoms with Crippen LogP contribution in [0.15, 0.2) is 41.3 Å². The number of rotatable bonds is 1. The van der Waals surface area contributed by atoms with Crippen LogP contribution in [-0.4, -0.2) is 38.2 Å². The molecule has 0 spiro atoms. The van der Waals surface area contributed by atoms with E-state index in [1.807, 2.05) is 39.5 Å². The summed E-state index contributed by atoms with van der Waals surface area (Å²) in [5, 5.41) is 5.36. The van der Waals surface area contributed by atoms with Gasteiger partial charge in [-0.05, 0) is 41.7 Å². The van der Waals surface area contributed by atoms with Crippen LogP contribution in [0.4, 0.5) is 0 Å². The van der Waals surface area contributed by atoms with E-state index in [0.717, 1.165) is 40.7 Å². The van der Waals surface area contributed by atoms with Crippen LogP contribution in [0, 0.1) is 5.92 Å². The molecule has 138 valence electrons. The van der Waals surface area contributed by atoms with Gasteiger partial charge in [0.15, 0.2) is 0 Å². The lowest BCUT2D eigenvalue weighted by molar-refractivity contribution is -0.131. The first kappa shape index (κ1) is 16.3. The number of carbonyl (C=O) groups is 1. The lowest BCUT2D eigenvalue weighted by Crippen LogP contribution is -2.48. The van der Waals surface area contributed by atoms with E-state index in [1.165, 1.54) is 0 Å². The van der Waals surface area contributed by atoms with Crippen LogP contribution in [-0.2, 0) is 18.4 Å². The van der Waals surface area contributed by atoms with Crippen molar-refractivity contribution in [2.24, 2.45) is 13.0 Å². The quantitative estimate of drug-likeness (QED) is 0.668. The number of hydrogen-bond acceptors (Lipinski definition) is 3. The predicted octanol–water partition coefficient (Wildman–Crippen LogP) is 2.37. The SMILES string of the molecule is CC(=O)N1C[C@@H]2C[C@H](C1)c1cc(-c3ccc4c(cnn4C)c3)cc(=O)n1C2. The Hall–Kier alpha value is -2.89. The summed E-state index contributed by atoms with van der Waals surface area (Å²) in [4.78, 5) is 26.6. The van der Waals surface area contributed by atoms with Gasteiger partial charge in [0.05, 0.1) is 11.7 Å². The van der Waals surface area contributed by atoms with Crippen molar-refractivity contribution >= 4 is 16.8 Å². The van der Waals surface area contributed by atoms with Crippen LogP contribution in [0.2, 0.25) is 0 Å². The van der Waals surface area contributed by atoms with Crippen molar-refractivity contribution in [1.29, 1.82) is 0 Å². The van der Waals surface area contributed by atoms with Crippen LogP contribution in [0.3, 0.4) is 0 Å². The van der Waals surface area contributed by atoms with Gasteiger partial charge in [-0.2, -0.15) is 5.10 Å². The highest BCUT2D eigenvalue weighted by molar-refractivity contribution is 5.84. The van der Waals surface area contributed by atoms with Crippen molar-refractivity contribution in [1.82, 2.24) is 19.2 Å². The second kappa shape index (κ2) is 5.81. The molecule has 2 aliphatic rings. The van der Waals surface area contributed by atoms with Crippen molar-refractivity contribution in [3.05, 3.63) is 52.6 Å². The summed E-state index contributed by atoms with van der Waals surface area (Å²) in [5.74, 6) is 0.727. The highest BCUT2D eigenvalue weighted by atomic mass is 16.2. The molecule has 5 rings (SSSR count). The molecule has 2 bridgehead atoms. The van der Waals surface area contributed by atoms with Gasteiger partial charge in [-0.25, -0.2) is 0 Å². The Labute approximate surface area is 157 Å². The molecule has 0 saturated carbocycles. The minimum Gasteiger partial charge on any atom is -0.342 e. The monoisotopic (exact) mass is 362 g/mol. The van der Waals surface area contributed by atoms with E-state index in [1.54, 1.807) is 13.0 Å². The number of nitrogens with zero attached hydrogens (tertiary/aromatic N) is 4. The van der Waals surface area contributed by atoms with Gasteiger partial charge >= 0.3 is 0 Å². The van der Waals surface area contributed by atoms with Crippen LogP contribution >= 0.6 is 0 Å². The Bertz CT molecular complexity index is 1130. The van der Waals surface area contributed by atoms with Crippen LogP contribution in [0.5, 0.6) is 0 Å². The fourth-order valence-corrected chi connectivity index (χ4v) is 4.73. The first-order chi connectivity index (χ1) is 13.0. The van der Waals surface area contributed by atoms with E-state index in [0.29, 0.717) is 19.0 Å². The Morgan fingerprint density at radius 3 is 2.78 bits per heavy atom. The zero-order valence-corrected chi connectivity index (χ0v) is 15.6. The Morgan fingerprint density at radius 1 is 1.11 bits per heavy atom. The van der Waals surface area contributed by atoms with Gasteiger partial charge in [-0.1, -0.05) is 6.07 Å². The number of aromatic nitrogens is 3. The second-order valence-electron chi connectivity index (χ2n) is 7.88. The number of pyridine rings is 1. The summed E-state index contributed by atoms with van der Waals surface area (Å²) >= 11 is 0. The molecule has 1 saturated heterocycles. The molecule has 2 aliphatic heterocycles. The average molecular weight is 362 g/mol. The third-order valence-electron chi connectivity index (χ3n) is 6.08. The minimum atomic E-state index is 0.0553. The average Bonchev–Trinajstić information content (AvgIpc) is 3.02. The Kier molecular flexibility index (Phi) is 3.50. The maximum atomic E-state index is 12.8. The van der Waals surface area contributed by atoms with Gasteiger partial charge in [-0.15, -0.1) is 0 Å². The Morgan fingerprint density at radius 2 is 1.96 bits per heavy atom. The highest BCUT2D eigenvalue weighted by Crippen LogP contribution is 2.36. The molecule has 6 nitrogen and oxygen atoms in total. The van der Waals surface area contributed by atoms with Crippen LogP contribution < -0.4 is 5.56 Å². The third-order valence-corrected chi connectivity index (χ3v) is 6.08. The zero-order valence-electron chi connectivity index (χ0n) is 15.6. The zero-order chi connectivity index (χ0) is 18.7. The molecular formula is C21H22N4O2. The molecule has 0 unspecified atom stereocenters. The maximum absolute atomic E-state index is 12.8. The van der Waals surface area contributed by atoms with Crippen molar-refractivity contribution in [2.45, 2.75) is 25.8 Å². The highest BCUT2D eigenvalue weighted by Gasteiger charge is 2.35. The van der Waals surface area contributed by atoms with Gasteiger partial charge in [0.25, 0.3) is 5.56 Å². The molecule has 4 heterocycles. The normalized spacial score (nSPS) is 21.3. The van der Waals surface area contributed by atoms with E-state index in [4.69, 9.17) is 0 Å². The number of piperidine rings is 1. The van der Waals surface area contributed by atoms with Gasteiger partial charge in [0, 0.05) is 56.7 Å². The molecule has 1 amide bonds. The summed E-state index contributed by atoms with van der Waals surface area (Å²) in [6.07, 6.45) is 2.90. The number of likely N-dealkylation sites (tertiary alicyclic amines) is 1. The molecule has 0 N–H and O–H groups in total. The van der Waals surface area contributed by atoms with Crippen molar-refractivity contribution in [3.8, 4) is 11.1 Å². The summed E-state index contributed by atoms with van der Waals surface area (Å²) in [6.45, 7) is 3.80. The Balaban J connectivity index is 1.60.